The highest BCUT2D eigenvalue weighted by molar-refractivity contribution is 8.56. The highest BCUT2D eigenvalue weighted by Gasteiger charge is 2.25. The molecule has 0 aromatic heterocycles. The number of benzene rings is 1. The third kappa shape index (κ3) is 7.58. The van der Waals surface area contributed by atoms with Crippen LogP contribution in [0.1, 0.15) is 33.6 Å². The lowest BCUT2D eigenvalue weighted by Gasteiger charge is -2.16. The molecule has 0 radical (unpaired) electrons. The number of hydrogen-bond acceptors (Lipinski definition) is 5. The minimum atomic E-state index is -3.48. The van der Waals surface area contributed by atoms with Gasteiger partial charge in [0, 0.05) is 15.8 Å². The molecule has 1 aromatic carbocycles. The quantitative estimate of drug-likeness (QED) is 0.480. The molecule has 2 atom stereocenters. The molecule has 124 valence electrons. The van der Waals surface area contributed by atoms with Gasteiger partial charge >= 0.3 is 12.8 Å². The number of nitrogens with two attached hydrogens (primary N) is 1. The second-order valence-corrected chi connectivity index (χ2v) is 10.3. The third-order valence-electron chi connectivity index (χ3n) is 2.69. The minimum absolute atomic E-state index is 0.0681. The molecule has 0 saturated heterocycles. The predicted molar refractivity (Wildman–Crippen MR) is 96.7 cm³/mol. The van der Waals surface area contributed by atoms with Crippen molar-refractivity contribution in [3.63, 3.8) is 0 Å². The molecule has 8 heteroatoms. The zero-order valence-corrected chi connectivity index (χ0v) is 15.6. The van der Waals surface area contributed by atoms with Crippen molar-refractivity contribution >= 4 is 41.6 Å². The summed E-state index contributed by atoms with van der Waals surface area (Å²) in [5.74, 6) is 1.05. The van der Waals surface area contributed by atoms with Gasteiger partial charge in [0.25, 0.3) is 0 Å². The summed E-state index contributed by atoms with van der Waals surface area (Å²) in [5, 5.41) is 2.60. The summed E-state index contributed by atoms with van der Waals surface area (Å²) in [6.07, 6.45) is 1.11. The van der Waals surface area contributed by atoms with Crippen LogP contribution in [-0.2, 0) is 9.09 Å². The molecular formula is C14H23N2O3PS2. The first-order valence-electron chi connectivity index (χ1n) is 7.16. The highest BCUT2D eigenvalue weighted by atomic mass is 32.7. The van der Waals surface area contributed by atoms with Gasteiger partial charge in [-0.1, -0.05) is 20.8 Å². The van der Waals surface area contributed by atoms with E-state index in [0.29, 0.717) is 5.69 Å². The Morgan fingerprint density at radius 1 is 1.36 bits per heavy atom. The number of amides is 1. The van der Waals surface area contributed by atoms with E-state index in [2.05, 4.69) is 12.2 Å². The first-order valence-corrected chi connectivity index (χ1v) is 11.3. The van der Waals surface area contributed by atoms with E-state index in [-0.39, 0.29) is 5.25 Å². The zero-order valence-electron chi connectivity index (χ0n) is 13.1. The molecule has 0 bridgehead atoms. The summed E-state index contributed by atoms with van der Waals surface area (Å²) in [4.78, 5) is 12.9. The van der Waals surface area contributed by atoms with Gasteiger partial charge < -0.3 is 4.52 Å². The second-order valence-electron chi connectivity index (χ2n) is 4.74. The maximum Gasteiger partial charge on any atom is 0.418 e. The first kappa shape index (κ1) is 19.4. The lowest BCUT2D eigenvalue weighted by Crippen LogP contribution is -2.14. The summed E-state index contributed by atoms with van der Waals surface area (Å²) in [5.41, 5.74) is 6.14. The topological polar surface area (TPSA) is 81.4 Å². The van der Waals surface area contributed by atoms with Crippen molar-refractivity contribution in [2.24, 2.45) is 5.50 Å². The fourth-order valence-electron chi connectivity index (χ4n) is 1.46. The van der Waals surface area contributed by atoms with Gasteiger partial charge in [0.15, 0.2) is 0 Å². The van der Waals surface area contributed by atoms with Crippen LogP contribution in [0.4, 0.5) is 10.5 Å². The lowest BCUT2D eigenvalue weighted by molar-refractivity contribution is 0.217. The fourth-order valence-corrected chi connectivity index (χ4v) is 5.48. The van der Waals surface area contributed by atoms with Crippen molar-refractivity contribution in [2.45, 2.75) is 43.8 Å². The van der Waals surface area contributed by atoms with Crippen LogP contribution in [0.3, 0.4) is 0 Å². The van der Waals surface area contributed by atoms with E-state index in [4.69, 9.17) is 10.0 Å². The standard InChI is InChI=1S/C14H23N2O3PS2/c1-4-10-21-13-8-6-12(7-9-13)16-14(17)19-20(15,18)22-11(3)5-2/h6-9,11H,4-5,10H2,1-3H3,(H2,15,18)(H,16,17). The van der Waals surface area contributed by atoms with Crippen LogP contribution in [-0.4, -0.2) is 17.1 Å². The average Bonchev–Trinajstić information content (AvgIpc) is 2.45. The second kappa shape index (κ2) is 9.50. The van der Waals surface area contributed by atoms with Gasteiger partial charge in [-0.2, -0.15) is 0 Å². The molecule has 2 unspecified atom stereocenters. The molecule has 0 spiro atoms. The maximum absolute atomic E-state index is 12.0. The number of rotatable bonds is 8. The largest absolute Gasteiger partial charge is 0.418 e. The number of carbonyl (C=O) groups is 1. The molecule has 1 amide bonds. The minimum Gasteiger partial charge on any atom is -0.376 e. The smallest absolute Gasteiger partial charge is 0.376 e. The SMILES string of the molecule is CCCSc1ccc(NC(=O)OP(N)(=O)SC(C)CC)cc1. The van der Waals surface area contributed by atoms with Crippen molar-refractivity contribution in [1.29, 1.82) is 0 Å². The Balaban J connectivity index is 2.52. The molecule has 1 aromatic rings. The van der Waals surface area contributed by atoms with Gasteiger partial charge in [-0.15, -0.1) is 11.8 Å². The number of carbonyl (C=O) groups excluding carboxylic acids is 1. The molecule has 0 aliphatic carbocycles. The van der Waals surface area contributed by atoms with Crippen LogP contribution in [0.25, 0.3) is 0 Å². The van der Waals surface area contributed by atoms with Crippen LogP contribution in [0.2, 0.25) is 0 Å². The van der Waals surface area contributed by atoms with Crippen molar-refractivity contribution in [2.75, 3.05) is 11.1 Å². The van der Waals surface area contributed by atoms with Gasteiger partial charge in [-0.3, -0.25) is 5.32 Å². The van der Waals surface area contributed by atoms with Crippen LogP contribution in [0.15, 0.2) is 29.2 Å². The van der Waals surface area contributed by atoms with E-state index in [9.17, 15) is 9.36 Å². The molecule has 0 aliphatic heterocycles. The highest BCUT2D eigenvalue weighted by Crippen LogP contribution is 2.55. The normalized spacial score (nSPS) is 14.9. The van der Waals surface area contributed by atoms with E-state index in [1.807, 2.05) is 26.0 Å². The number of thioether (sulfide) groups is 1. The summed E-state index contributed by atoms with van der Waals surface area (Å²) in [6.45, 7) is 2.49. The molecule has 0 aliphatic rings. The van der Waals surface area contributed by atoms with Crippen LogP contribution >= 0.6 is 29.9 Å². The molecular weight excluding hydrogens is 339 g/mol. The predicted octanol–water partition coefficient (Wildman–Crippen LogP) is 5.34. The van der Waals surface area contributed by atoms with Crippen LogP contribution in [0.5, 0.6) is 0 Å². The summed E-state index contributed by atoms with van der Waals surface area (Å²) < 4.78 is 16.9. The number of hydrogen-bond donors (Lipinski definition) is 2. The Morgan fingerprint density at radius 2 is 2.00 bits per heavy atom. The van der Waals surface area contributed by atoms with Crippen LogP contribution < -0.4 is 10.8 Å². The Hall–Kier alpha value is -0.620. The summed E-state index contributed by atoms with van der Waals surface area (Å²) in [7, 11) is 0. The molecule has 22 heavy (non-hydrogen) atoms. The molecule has 1 rings (SSSR count). The lowest BCUT2D eigenvalue weighted by atomic mass is 10.3. The summed E-state index contributed by atoms with van der Waals surface area (Å²) in [6, 6.07) is 7.41. The Morgan fingerprint density at radius 3 is 2.55 bits per heavy atom. The number of nitrogens with one attached hydrogen (secondary N) is 1. The van der Waals surface area contributed by atoms with Gasteiger partial charge in [0.2, 0.25) is 0 Å². The van der Waals surface area contributed by atoms with E-state index in [0.717, 1.165) is 34.9 Å². The zero-order chi connectivity index (χ0) is 16.6. The van der Waals surface area contributed by atoms with Gasteiger partial charge in [0.1, 0.15) is 0 Å². The van der Waals surface area contributed by atoms with E-state index in [1.54, 1.807) is 23.9 Å². The molecule has 3 N–H and O–H groups in total. The third-order valence-corrected chi connectivity index (χ3v) is 7.50. The van der Waals surface area contributed by atoms with E-state index in [1.165, 1.54) is 0 Å². The fraction of sp³-hybridized carbons (Fsp3) is 0.500. The molecule has 0 fully saturated rings. The number of anilines is 1. The van der Waals surface area contributed by atoms with Crippen LogP contribution in [0, 0.1) is 0 Å². The average molecular weight is 362 g/mol. The van der Waals surface area contributed by atoms with Gasteiger partial charge in [-0.05, 0) is 54.2 Å². The van der Waals surface area contributed by atoms with Crippen molar-refractivity contribution in [3.05, 3.63) is 24.3 Å². The molecule has 0 heterocycles. The van der Waals surface area contributed by atoms with Crippen molar-refractivity contribution in [1.82, 2.24) is 0 Å². The van der Waals surface area contributed by atoms with Gasteiger partial charge in [-0.25, -0.2) is 14.9 Å². The Bertz CT molecular complexity index is 525. The molecule has 5 nitrogen and oxygen atoms in total. The molecule has 0 saturated carbocycles. The first-order chi connectivity index (χ1) is 10.4. The van der Waals surface area contributed by atoms with Gasteiger partial charge in [0.05, 0.1) is 0 Å². The monoisotopic (exact) mass is 362 g/mol. The van der Waals surface area contributed by atoms with Crippen molar-refractivity contribution < 1.29 is 13.9 Å². The Kier molecular flexibility index (Phi) is 8.39. The summed E-state index contributed by atoms with van der Waals surface area (Å²) >= 11 is 2.75. The maximum atomic E-state index is 12.0. The van der Waals surface area contributed by atoms with E-state index >= 15 is 0 Å². The Labute approximate surface area is 140 Å². The van der Waals surface area contributed by atoms with Crippen molar-refractivity contribution in [3.8, 4) is 0 Å². The van der Waals surface area contributed by atoms with E-state index < -0.39 is 12.8 Å².